The molecule has 1 N–H and O–H groups in total. The highest BCUT2D eigenvalue weighted by Crippen LogP contribution is 2.61. The summed E-state index contributed by atoms with van der Waals surface area (Å²) >= 11 is -0.0468. The van der Waals surface area contributed by atoms with E-state index in [1.54, 1.807) is 0 Å². The molecule has 238 valence electrons. The lowest BCUT2D eigenvalue weighted by Gasteiger charge is -2.56. The summed E-state index contributed by atoms with van der Waals surface area (Å²) < 4.78 is 15.8. The van der Waals surface area contributed by atoms with Gasteiger partial charge in [0, 0.05) is 10.8 Å². The number of hydrogen-bond acceptors (Lipinski definition) is 12. The minimum absolute atomic E-state index is 0.0468. The van der Waals surface area contributed by atoms with Gasteiger partial charge in [-0.15, -0.1) is 4.33 Å². The highest BCUT2D eigenvalue weighted by Gasteiger charge is 2.53. The second-order valence-corrected chi connectivity index (χ2v) is 15.4. The van der Waals surface area contributed by atoms with Crippen LogP contribution in [0.5, 0.6) is 0 Å². The van der Waals surface area contributed by atoms with Crippen molar-refractivity contribution in [2.45, 2.75) is 81.9 Å². The van der Waals surface area contributed by atoms with Crippen LogP contribution in [0, 0.1) is 66.6 Å². The molecule has 1 aromatic carbocycles. The standard InChI is InChI=1S/C30H36N2O11S/c33-27(40-14-29-8-16-1-17(9-29)3-18(2-16)10-29)22-7-23(25(32(37)38)26(44-43-42-39)24(22)31(35)36)28(34)41-15-30-11-19-4-20(12-30)6-21(5-19)13-30/h7,16-21,39H,1-6,8-15H2. The van der Waals surface area contributed by atoms with Gasteiger partial charge in [0.1, 0.15) is 11.1 Å². The van der Waals surface area contributed by atoms with Crippen molar-refractivity contribution in [3.05, 3.63) is 37.4 Å². The van der Waals surface area contributed by atoms with E-state index < -0.39 is 49.2 Å². The molecule has 0 atom stereocenters. The van der Waals surface area contributed by atoms with Gasteiger partial charge in [0.15, 0.2) is 4.90 Å². The van der Waals surface area contributed by atoms with E-state index in [1.165, 1.54) is 38.5 Å². The molecule has 14 heteroatoms. The van der Waals surface area contributed by atoms with Crippen LogP contribution in [0.25, 0.3) is 0 Å². The highest BCUT2D eigenvalue weighted by atomic mass is 32.2. The minimum Gasteiger partial charge on any atom is -0.461 e. The second kappa shape index (κ2) is 11.2. The predicted octanol–water partition coefficient (Wildman–Crippen LogP) is 6.68. The molecular formula is C30H36N2O11S. The molecule has 8 fully saturated rings. The zero-order chi connectivity index (χ0) is 30.8. The fourth-order valence-electron chi connectivity index (χ4n) is 11.0. The first-order chi connectivity index (χ1) is 21.1. The van der Waals surface area contributed by atoms with Gasteiger partial charge in [0.05, 0.1) is 35.1 Å². The molecule has 8 aliphatic rings. The van der Waals surface area contributed by atoms with Crippen LogP contribution in [0.4, 0.5) is 11.4 Å². The van der Waals surface area contributed by atoms with Crippen molar-refractivity contribution < 1.29 is 43.5 Å². The van der Waals surface area contributed by atoms with Gasteiger partial charge in [-0.05, 0) is 119 Å². The SMILES string of the molecule is O=C(OCC12CC3CC(CC(C3)C1)C2)c1cc(C(=O)OCC23CC4CC(CC(C4)C2)C3)c([N+](=O)[O-])c(SOOO)c1[N+](=O)[O-]. The van der Waals surface area contributed by atoms with Crippen molar-refractivity contribution in [2.24, 2.45) is 46.3 Å². The van der Waals surface area contributed by atoms with Crippen molar-refractivity contribution in [1.29, 1.82) is 0 Å². The maximum absolute atomic E-state index is 13.6. The van der Waals surface area contributed by atoms with Gasteiger partial charge >= 0.3 is 23.3 Å². The third-order valence-electron chi connectivity index (χ3n) is 11.5. The molecule has 0 unspecified atom stereocenters. The molecule has 44 heavy (non-hydrogen) atoms. The predicted molar refractivity (Wildman–Crippen MR) is 152 cm³/mol. The van der Waals surface area contributed by atoms with Gasteiger partial charge in [-0.2, -0.15) is 0 Å². The molecule has 0 aromatic heterocycles. The Hall–Kier alpha value is -2.81. The molecule has 0 saturated heterocycles. The third kappa shape index (κ3) is 5.37. The monoisotopic (exact) mass is 632 g/mol. The number of nitro groups is 2. The maximum atomic E-state index is 13.6. The third-order valence-corrected chi connectivity index (χ3v) is 12.2. The molecule has 1 aromatic rings. The average Bonchev–Trinajstić information content (AvgIpc) is 2.95. The lowest BCUT2D eigenvalue weighted by atomic mass is 9.50. The van der Waals surface area contributed by atoms with Crippen molar-refractivity contribution in [3.63, 3.8) is 0 Å². The van der Waals surface area contributed by atoms with Gasteiger partial charge in [-0.3, -0.25) is 20.2 Å². The molecule has 0 aliphatic heterocycles. The Kier molecular flexibility index (Phi) is 7.61. The van der Waals surface area contributed by atoms with Gasteiger partial charge < -0.3 is 9.47 Å². The van der Waals surface area contributed by atoms with E-state index in [9.17, 15) is 29.8 Å². The number of benzene rings is 1. The number of rotatable bonds is 11. The summed E-state index contributed by atoms with van der Waals surface area (Å²) in [7, 11) is 0. The fourth-order valence-corrected chi connectivity index (χ4v) is 11.6. The first-order valence-corrected chi connectivity index (χ1v) is 16.3. The fraction of sp³-hybridized carbons (Fsp3) is 0.733. The van der Waals surface area contributed by atoms with Crippen LogP contribution in [-0.2, 0) is 18.8 Å². The Morgan fingerprint density at radius 1 is 0.727 bits per heavy atom. The molecule has 0 spiro atoms. The number of carbonyl (C=O) groups excluding carboxylic acids is 2. The molecule has 8 bridgehead atoms. The Morgan fingerprint density at radius 3 is 1.36 bits per heavy atom. The Bertz CT molecular complexity index is 1230. The highest BCUT2D eigenvalue weighted by molar-refractivity contribution is 7.94. The molecule has 0 radical (unpaired) electrons. The van der Waals surface area contributed by atoms with Crippen molar-refractivity contribution >= 4 is 35.4 Å². The topological polar surface area (TPSA) is 178 Å². The lowest BCUT2D eigenvalue weighted by molar-refractivity contribution is -0.433. The van der Waals surface area contributed by atoms with E-state index in [1.807, 2.05) is 0 Å². The van der Waals surface area contributed by atoms with Gasteiger partial charge in [0.2, 0.25) is 0 Å². The number of esters is 2. The molecular weight excluding hydrogens is 596 g/mol. The summed E-state index contributed by atoms with van der Waals surface area (Å²) in [5, 5.41) is 36.8. The van der Waals surface area contributed by atoms with Gasteiger partial charge in [0.25, 0.3) is 0 Å². The van der Waals surface area contributed by atoms with Gasteiger partial charge in [-0.1, -0.05) is 5.04 Å². The summed E-state index contributed by atoms with van der Waals surface area (Å²) in [5.74, 6) is 1.38. The smallest absolute Gasteiger partial charge is 0.345 e. The Balaban J connectivity index is 1.18. The molecule has 9 rings (SSSR count). The van der Waals surface area contributed by atoms with Crippen molar-refractivity contribution in [1.82, 2.24) is 0 Å². The number of carbonyl (C=O) groups is 2. The van der Waals surface area contributed by atoms with Crippen LogP contribution >= 0.6 is 12.0 Å². The van der Waals surface area contributed by atoms with Gasteiger partial charge in [-0.25, -0.2) is 14.8 Å². The van der Waals surface area contributed by atoms with E-state index in [0.29, 0.717) is 35.5 Å². The second-order valence-electron chi connectivity index (χ2n) is 14.7. The molecule has 0 amide bonds. The molecule has 8 aliphatic carbocycles. The Labute approximate surface area is 257 Å². The zero-order valence-corrected chi connectivity index (χ0v) is 25.1. The summed E-state index contributed by atoms with van der Waals surface area (Å²) in [6.45, 7) is 0.155. The molecule has 8 saturated carbocycles. The quantitative estimate of drug-likeness (QED) is 0.0901. The summed E-state index contributed by atoms with van der Waals surface area (Å²) in [6.07, 6.45) is 12.7. The number of hydrogen-bond donors (Lipinski definition) is 1. The summed E-state index contributed by atoms with van der Waals surface area (Å²) in [5.41, 5.74) is -3.60. The van der Waals surface area contributed by atoms with Crippen molar-refractivity contribution in [2.75, 3.05) is 13.2 Å². The van der Waals surface area contributed by atoms with E-state index in [0.717, 1.165) is 44.6 Å². The zero-order valence-electron chi connectivity index (χ0n) is 24.3. The van der Waals surface area contributed by atoms with E-state index in [4.69, 9.17) is 14.7 Å². The van der Waals surface area contributed by atoms with Crippen LogP contribution < -0.4 is 0 Å². The van der Waals surface area contributed by atoms with Crippen LogP contribution in [0.2, 0.25) is 0 Å². The largest absolute Gasteiger partial charge is 0.461 e. The van der Waals surface area contributed by atoms with E-state index >= 15 is 0 Å². The van der Waals surface area contributed by atoms with Crippen LogP contribution in [-0.4, -0.2) is 40.3 Å². The average molecular weight is 633 g/mol. The first kappa shape index (κ1) is 29.9. The first-order valence-electron chi connectivity index (χ1n) is 15.5. The van der Waals surface area contributed by atoms with Crippen LogP contribution in [0.1, 0.15) is 97.8 Å². The minimum atomic E-state index is -1.07. The van der Waals surface area contributed by atoms with E-state index in [-0.39, 0.29) is 36.1 Å². The summed E-state index contributed by atoms with van der Waals surface area (Å²) in [6, 6.07) is 0.837. The lowest BCUT2D eigenvalue weighted by Crippen LogP contribution is -2.48. The number of nitro benzene ring substituents is 2. The normalized spacial score (nSPS) is 35.9. The van der Waals surface area contributed by atoms with Crippen molar-refractivity contribution in [3.8, 4) is 0 Å². The van der Waals surface area contributed by atoms with E-state index in [2.05, 4.69) is 9.37 Å². The maximum Gasteiger partial charge on any atom is 0.345 e. The molecule has 13 nitrogen and oxygen atoms in total. The summed E-state index contributed by atoms with van der Waals surface area (Å²) in [4.78, 5) is 48.9. The van der Waals surface area contributed by atoms with Crippen LogP contribution in [0.3, 0.4) is 0 Å². The number of ether oxygens (including phenoxy) is 2. The molecule has 0 heterocycles. The number of nitrogens with zero attached hydrogens (tertiary/aromatic N) is 2. The van der Waals surface area contributed by atoms with Crippen LogP contribution in [0.15, 0.2) is 11.0 Å². The Morgan fingerprint density at radius 2 is 1.07 bits per heavy atom.